The largest absolute Gasteiger partial charge is 0.457 e. The van der Waals surface area contributed by atoms with Crippen molar-refractivity contribution in [3.63, 3.8) is 0 Å². The van der Waals surface area contributed by atoms with Crippen LogP contribution < -0.4 is 5.73 Å². The molecule has 16 heavy (non-hydrogen) atoms. The lowest BCUT2D eigenvalue weighted by Crippen LogP contribution is -2.15. The van der Waals surface area contributed by atoms with E-state index in [1.165, 1.54) is 24.5 Å². The Morgan fingerprint density at radius 2 is 1.81 bits per heavy atom. The molecule has 0 aliphatic rings. The van der Waals surface area contributed by atoms with Crippen molar-refractivity contribution in [1.29, 1.82) is 0 Å². The van der Waals surface area contributed by atoms with Crippen LogP contribution in [-0.2, 0) is 0 Å². The molecule has 2 aromatic rings. The zero-order chi connectivity index (χ0) is 11.7. The maximum atomic E-state index is 13.5. The second kappa shape index (κ2) is 4.35. The number of rotatable bonds is 2. The summed E-state index contributed by atoms with van der Waals surface area (Å²) in [6.07, 6.45) is 1.40. The lowest BCUT2D eigenvalue weighted by atomic mass is 10.0. The topological polar surface area (TPSA) is 39.2 Å². The van der Waals surface area contributed by atoms with Crippen LogP contribution in [0.2, 0.25) is 0 Å². The molecule has 1 heterocycles. The summed E-state index contributed by atoms with van der Waals surface area (Å²) in [5.74, 6) is -1.33. The molecule has 2 rings (SSSR count). The van der Waals surface area contributed by atoms with E-state index in [-0.39, 0.29) is 5.56 Å². The zero-order valence-electron chi connectivity index (χ0n) is 8.08. The van der Waals surface area contributed by atoms with Crippen molar-refractivity contribution >= 4 is 15.9 Å². The number of benzene rings is 1. The Bertz CT molecular complexity index is 492. The quantitative estimate of drug-likeness (QED) is 0.920. The molecule has 1 aromatic heterocycles. The number of furan rings is 1. The van der Waals surface area contributed by atoms with Crippen LogP contribution in [0.1, 0.15) is 17.2 Å². The molecule has 2 N–H and O–H groups in total. The lowest BCUT2D eigenvalue weighted by Gasteiger charge is -2.12. The number of hydrogen-bond donors (Lipinski definition) is 1. The molecule has 84 valence electrons. The zero-order valence-corrected chi connectivity index (χ0v) is 9.67. The van der Waals surface area contributed by atoms with E-state index in [4.69, 9.17) is 10.2 Å². The molecule has 0 aliphatic carbocycles. The molecule has 1 unspecified atom stereocenters. The fourth-order valence-electron chi connectivity index (χ4n) is 1.49. The van der Waals surface area contributed by atoms with Crippen molar-refractivity contribution in [2.24, 2.45) is 5.73 Å². The van der Waals surface area contributed by atoms with Crippen LogP contribution in [0.5, 0.6) is 0 Å². The van der Waals surface area contributed by atoms with E-state index in [2.05, 4.69) is 15.9 Å². The molecule has 0 spiro atoms. The van der Waals surface area contributed by atoms with Gasteiger partial charge in [0.15, 0.2) is 4.67 Å². The Hall–Kier alpha value is -1.20. The molecule has 1 atom stereocenters. The summed E-state index contributed by atoms with van der Waals surface area (Å²) in [5, 5.41) is 0. The number of hydrogen-bond acceptors (Lipinski definition) is 2. The highest BCUT2D eigenvalue weighted by Crippen LogP contribution is 2.30. The van der Waals surface area contributed by atoms with Gasteiger partial charge in [-0.3, -0.25) is 0 Å². The second-order valence-electron chi connectivity index (χ2n) is 3.26. The Morgan fingerprint density at radius 1 is 1.19 bits per heavy atom. The minimum absolute atomic E-state index is 0.162. The minimum Gasteiger partial charge on any atom is -0.457 e. The van der Waals surface area contributed by atoms with Gasteiger partial charge in [0.2, 0.25) is 0 Å². The van der Waals surface area contributed by atoms with Crippen molar-refractivity contribution in [1.82, 2.24) is 0 Å². The fourth-order valence-corrected chi connectivity index (χ4v) is 1.98. The second-order valence-corrected chi connectivity index (χ2v) is 3.98. The standard InChI is InChI=1S/C11H8BrF2NO/c12-11-6(4-5-16-11)10(15)9-7(13)2-1-3-8(9)14/h1-5,10H,15H2. The summed E-state index contributed by atoms with van der Waals surface area (Å²) in [5.41, 5.74) is 6.13. The van der Waals surface area contributed by atoms with E-state index < -0.39 is 17.7 Å². The highest BCUT2D eigenvalue weighted by Gasteiger charge is 2.21. The van der Waals surface area contributed by atoms with Crippen molar-refractivity contribution in [3.05, 3.63) is 58.0 Å². The van der Waals surface area contributed by atoms with Crippen LogP contribution in [0.3, 0.4) is 0 Å². The van der Waals surface area contributed by atoms with Gasteiger partial charge in [-0.2, -0.15) is 0 Å². The van der Waals surface area contributed by atoms with Crippen molar-refractivity contribution < 1.29 is 13.2 Å². The summed E-state index contributed by atoms with van der Waals surface area (Å²) in [6, 6.07) is 4.32. The van der Waals surface area contributed by atoms with Gasteiger partial charge in [-0.05, 0) is 34.1 Å². The number of halogens is 3. The maximum Gasteiger partial charge on any atom is 0.174 e. The predicted octanol–water partition coefficient (Wildman–Crippen LogP) is 3.37. The van der Waals surface area contributed by atoms with E-state index in [0.29, 0.717) is 10.2 Å². The molecule has 2 nitrogen and oxygen atoms in total. The van der Waals surface area contributed by atoms with E-state index in [1.807, 2.05) is 0 Å². The van der Waals surface area contributed by atoms with Gasteiger partial charge in [0, 0.05) is 11.1 Å². The van der Waals surface area contributed by atoms with E-state index in [9.17, 15) is 8.78 Å². The van der Waals surface area contributed by atoms with Gasteiger partial charge in [-0.15, -0.1) is 0 Å². The van der Waals surface area contributed by atoms with Gasteiger partial charge in [-0.1, -0.05) is 6.07 Å². The van der Waals surface area contributed by atoms with Crippen LogP contribution in [-0.4, -0.2) is 0 Å². The first-order valence-corrected chi connectivity index (χ1v) is 5.33. The molecule has 0 saturated heterocycles. The van der Waals surface area contributed by atoms with Gasteiger partial charge >= 0.3 is 0 Å². The summed E-state index contributed by atoms with van der Waals surface area (Å²) >= 11 is 3.12. The summed E-state index contributed by atoms with van der Waals surface area (Å²) < 4.78 is 32.3. The Balaban J connectivity index is 2.49. The Kier molecular flexibility index (Phi) is 3.07. The molecule has 0 saturated carbocycles. The molecule has 0 aliphatic heterocycles. The Morgan fingerprint density at radius 3 is 2.31 bits per heavy atom. The van der Waals surface area contributed by atoms with Crippen molar-refractivity contribution in [2.75, 3.05) is 0 Å². The third kappa shape index (κ3) is 1.88. The molecule has 0 fully saturated rings. The molecule has 0 bridgehead atoms. The molecular formula is C11H8BrF2NO. The van der Waals surface area contributed by atoms with E-state index in [0.717, 1.165) is 0 Å². The third-order valence-corrected chi connectivity index (χ3v) is 2.94. The van der Waals surface area contributed by atoms with Crippen LogP contribution in [0.15, 0.2) is 39.6 Å². The maximum absolute atomic E-state index is 13.5. The molecule has 0 amide bonds. The SMILES string of the molecule is NC(c1ccoc1Br)c1c(F)cccc1F. The lowest BCUT2D eigenvalue weighted by molar-refractivity contribution is 0.523. The Labute approximate surface area is 99.2 Å². The normalized spacial score (nSPS) is 12.8. The van der Waals surface area contributed by atoms with E-state index in [1.54, 1.807) is 6.07 Å². The molecule has 0 radical (unpaired) electrons. The van der Waals surface area contributed by atoms with Crippen LogP contribution >= 0.6 is 15.9 Å². The van der Waals surface area contributed by atoms with E-state index >= 15 is 0 Å². The highest BCUT2D eigenvalue weighted by atomic mass is 79.9. The molecular weight excluding hydrogens is 280 g/mol. The third-order valence-electron chi connectivity index (χ3n) is 2.29. The minimum atomic E-state index is -0.894. The van der Waals surface area contributed by atoms with Gasteiger partial charge < -0.3 is 10.2 Å². The van der Waals surface area contributed by atoms with Gasteiger partial charge in [0.1, 0.15) is 11.6 Å². The predicted molar refractivity (Wildman–Crippen MR) is 58.8 cm³/mol. The van der Waals surface area contributed by atoms with Crippen LogP contribution in [0.25, 0.3) is 0 Å². The summed E-state index contributed by atoms with van der Waals surface area (Å²) in [6.45, 7) is 0. The summed E-state index contributed by atoms with van der Waals surface area (Å²) in [4.78, 5) is 0. The molecule has 5 heteroatoms. The first-order chi connectivity index (χ1) is 7.61. The van der Waals surface area contributed by atoms with Crippen LogP contribution in [0.4, 0.5) is 8.78 Å². The van der Waals surface area contributed by atoms with Crippen molar-refractivity contribution in [2.45, 2.75) is 6.04 Å². The van der Waals surface area contributed by atoms with Gasteiger partial charge in [-0.25, -0.2) is 8.78 Å². The first-order valence-electron chi connectivity index (χ1n) is 4.53. The number of nitrogens with two attached hydrogens (primary N) is 1. The average Bonchev–Trinajstić information content (AvgIpc) is 2.64. The first kappa shape index (κ1) is 11.3. The summed E-state index contributed by atoms with van der Waals surface area (Å²) in [7, 11) is 0. The monoisotopic (exact) mass is 287 g/mol. The highest BCUT2D eigenvalue weighted by molar-refractivity contribution is 9.10. The van der Waals surface area contributed by atoms with Crippen molar-refractivity contribution in [3.8, 4) is 0 Å². The van der Waals surface area contributed by atoms with Gasteiger partial charge in [0.05, 0.1) is 12.3 Å². The smallest absolute Gasteiger partial charge is 0.174 e. The molecule has 1 aromatic carbocycles. The van der Waals surface area contributed by atoms with Crippen LogP contribution in [0, 0.1) is 11.6 Å². The average molecular weight is 288 g/mol. The fraction of sp³-hybridized carbons (Fsp3) is 0.0909. The van der Waals surface area contributed by atoms with Gasteiger partial charge in [0.25, 0.3) is 0 Å².